The van der Waals surface area contributed by atoms with Gasteiger partial charge >= 0.3 is 0 Å². The van der Waals surface area contributed by atoms with E-state index in [0.717, 1.165) is 28.6 Å². The molecule has 0 amide bonds. The molecule has 104 valence electrons. The summed E-state index contributed by atoms with van der Waals surface area (Å²) in [6.07, 6.45) is 1.84. The summed E-state index contributed by atoms with van der Waals surface area (Å²) in [6, 6.07) is 0.302. The first-order valence-corrected chi connectivity index (χ1v) is 6.71. The number of hydrogen-bond acceptors (Lipinski definition) is 3. The van der Waals surface area contributed by atoms with Gasteiger partial charge in [-0.15, -0.1) is 0 Å². The lowest BCUT2D eigenvalue weighted by Crippen LogP contribution is -2.10. The van der Waals surface area contributed by atoms with Crippen molar-refractivity contribution in [3.8, 4) is 11.3 Å². The van der Waals surface area contributed by atoms with Gasteiger partial charge in [-0.1, -0.05) is 13.8 Å². The minimum Gasteiger partial charge on any atom is -0.383 e. The van der Waals surface area contributed by atoms with Crippen LogP contribution in [0.2, 0.25) is 0 Å². The molecule has 0 saturated carbocycles. The number of nitrogens with two attached hydrogens (primary N) is 1. The van der Waals surface area contributed by atoms with Crippen LogP contribution in [-0.2, 0) is 7.05 Å². The van der Waals surface area contributed by atoms with Crippen molar-refractivity contribution in [2.45, 2.75) is 46.6 Å². The molecule has 0 aliphatic carbocycles. The molecule has 2 aromatic heterocycles. The van der Waals surface area contributed by atoms with Crippen LogP contribution in [-0.4, -0.2) is 19.3 Å². The Morgan fingerprint density at radius 2 is 1.84 bits per heavy atom. The number of anilines is 1. The minimum atomic E-state index is 0.302. The predicted molar refractivity (Wildman–Crippen MR) is 78.1 cm³/mol. The van der Waals surface area contributed by atoms with Crippen molar-refractivity contribution in [2.75, 3.05) is 5.73 Å². The summed E-state index contributed by atoms with van der Waals surface area (Å²) in [5.74, 6) is 2.11. The van der Waals surface area contributed by atoms with Crippen molar-refractivity contribution in [2.24, 2.45) is 7.05 Å². The van der Waals surface area contributed by atoms with E-state index in [-0.39, 0.29) is 0 Å². The Labute approximate surface area is 114 Å². The molecule has 0 aliphatic rings. The van der Waals surface area contributed by atoms with Gasteiger partial charge in [0.2, 0.25) is 0 Å². The highest BCUT2D eigenvalue weighted by molar-refractivity contribution is 5.72. The molecule has 0 aromatic carbocycles. The number of nitrogen functional groups attached to an aromatic ring is 1. The molecule has 0 radical (unpaired) electrons. The fourth-order valence-corrected chi connectivity index (χ4v) is 2.34. The maximum atomic E-state index is 6.32. The van der Waals surface area contributed by atoms with Gasteiger partial charge in [0.15, 0.2) is 0 Å². The quantitative estimate of drug-likeness (QED) is 0.924. The zero-order valence-electron chi connectivity index (χ0n) is 12.6. The largest absolute Gasteiger partial charge is 0.383 e. The number of rotatable bonds is 3. The molecule has 0 spiro atoms. The van der Waals surface area contributed by atoms with Gasteiger partial charge in [-0.05, 0) is 20.8 Å². The van der Waals surface area contributed by atoms with E-state index in [1.807, 2.05) is 24.9 Å². The second-order valence-corrected chi connectivity index (χ2v) is 5.59. The lowest BCUT2D eigenvalue weighted by Gasteiger charge is -2.15. The van der Waals surface area contributed by atoms with Gasteiger partial charge in [-0.2, -0.15) is 5.10 Å². The van der Waals surface area contributed by atoms with E-state index in [4.69, 9.17) is 10.7 Å². The van der Waals surface area contributed by atoms with Gasteiger partial charge in [0.25, 0.3) is 0 Å². The molecule has 2 rings (SSSR count). The lowest BCUT2D eigenvalue weighted by molar-refractivity contribution is 0.556. The molecule has 2 aromatic rings. The van der Waals surface area contributed by atoms with Crippen molar-refractivity contribution in [3.05, 3.63) is 17.7 Å². The number of hydrogen-bond donors (Lipinski definition) is 1. The number of aromatic nitrogens is 4. The highest BCUT2D eigenvalue weighted by Gasteiger charge is 2.22. The summed E-state index contributed by atoms with van der Waals surface area (Å²) >= 11 is 0. The topological polar surface area (TPSA) is 61.7 Å². The first-order valence-electron chi connectivity index (χ1n) is 6.71. The Balaban J connectivity index is 2.66. The first-order chi connectivity index (χ1) is 8.84. The molecule has 0 fully saturated rings. The molecule has 0 unspecified atom stereocenters. The van der Waals surface area contributed by atoms with Crippen LogP contribution in [0.4, 0.5) is 5.82 Å². The average molecular weight is 261 g/mol. The fourth-order valence-electron chi connectivity index (χ4n) is 2.34. The predicted octanol–water partition coefficient (Wildman–Crippen LogP) is 2.88. The van der Waals surface area contributed by atoms with Crippen LogP contribution in [0.15, 0.2) is 6.20 Å². The Morgan fingerprint density at radius 1 is 1.21 bits per heavy atom. The summed E-state index contributed by atoms with van der Waals surface area (Å²) in [5, 5.41) is 4.27. The van der Waals surface area contributed by atoms with Gasteiger partial charge in [0, 0.05) is 30.3 Å². The van der Waals surface area contributed by atoms with Gasteiger partial charge in [-0.3, -0.25) is 4.68 Å². The summed E-state index contributed by atoms with van der Waals surface area (Å²) in [6.45, 7) is 10.6. The molecule has 0 bridgehead atoms. The van der Waals surface area contributed by atoms with Gasteiger partial charge in [0.05, 0.1) is 6.20 Å². The molecule has 2 N–H and O–H groups in total. The van der Waals surface area contributed by atoms with Crippen molar-refractivity contribution < 1.29 is 0 Å². The Hall–Kier alpha value is -1.78. The van der Waals surface area contributed by atoms with E-state index < -0.39 is 0 Å². The summed E-state index contributed by atoms with van der Waals surface area (Å²) in [5.41, 5.74) is 9.26. The van der Waals surface area contributed by atoms with E-state index in [9.17, 15) is 0 Å². The molecule has 2 heterocycles. The molecular formula is C14H23N5. The smallest absolute Gasteiger partial charge is 0.132 e. The summed E-state index contributed by atoms with van der Waals surface area (Å²) in [4.78, 5) is 4.76. The van der Waals surface area contributed by atoms with Crippen LogP contribution in [0, 0.1) is 6.92 Å². The van der Waals surface area contributed by atoms with E-state index in [2.05, 4.69) is 37.4 Å². The number of aryl methyl sites for hydroxylation is 1. The molecule has 0 atom stereocenters. The van der Waals surface area contributed by atoms with E-state index >= 15 is 0 Å². The van der Waals surface area contributed by atoms with Crippen molar-refractivity contribution in [1.82, 2.24) is 19.3 Å². The van der Waals surface area contributed by atoms with Crippen LogP contribution in [0.1, 0.15) is 51.2 Å². The van der Waals surface area contributed by atoms with Crippen molar-refractivity contribution >= 4 is 5.82 Å². The van der Waals surface area contributed by atoms with E-state index in [1.165, 1.54) is 0 Å². The van der Waals surface area contributed by atoms with Crippen LogP contribution >= 0.6 is 0 Å². The third-order valence-corrected chi connectivity index (χ3v) is 3.50. The van der Waals surface area contributed by atoms with Crippen LogP contribution in [0.25, 0.3) is 11.3 Å². The zero-order valence-corrected chi connectivity index (χ0v) is 12.6. The third-order valence-electron chi connectivity index (χ3n) is 3.50. The second-order valence-electron chi connectivity index (χ2n) is 5.59. The third kappa shape index (κ3) is 2.13. The maximum Gasteiger partial charge on any atom is 0.132 e. The Morgan fingerprint density at radius 3 is 2.21 bits per heavy atom. The van der Waals surface area contributed by atoms with Gasteiger partial charge in [-0.25, -0.2) is 4.98 Å². The molecular weight excluding hydrogens is 238 g/mol. The standard InChI is InChI=1S/C14H23N5/c1-8(2)14-17-12(13(15)19(14)9(3)4)11-7-16-18(6)10(11)5/h7-9H,15H2,1-6H3. The summed E-state index contributed by atoms with van der Waals surface area (Å²) < 4.78 is 3.96. The summed E-state index contributed by atoms with van der Waals surface area (Å²) in [7, 11) is 1.93. The minimum absolute atomic E-state index is 0.302. The SMILES string of the molecule is Cc1c(-c2nc(C(C)C)n(C(C)C)c2N)cnn1C. The monoisotopic (exact) mass is 261 g/mol. The van der Waals surface area contributed by atoms with Crippen LogP contribution < -0.4 is 5.73 Å². The lowest BCUT2D eigenvalue weighted by atomic mass is 10.2. The molecule has 0 aliphatic heterocycles. The molecule has 5 heteroatoms. The molecule has 5 nitrogen and oxygen atoms in total. The van der Waals surface area contributed by atoms with Crippen LogP contribution in [0.3, 0.4) is 0 Å². The molecule has 0 saturated heterocycles. The van der Waals surface area contributed by atoms with Gasteiger partial charge in [0.1, 0.15) is 17.3 Å². The highest BCUT2D eigenvalue weighted by atomic mass is 15.3. The first kappa shape index (κ1) is 13.6. The second kappa shape index (κ2) is 4.72. The maximum absolute atomic E-state index is 6.32. The Bertz CT molecular complexity index is 589. The number of nitrogens with zero attached hydrogens (tertiary/aromatic N) is 4. The molecule has 19 heavy (non-hydrogen) atoms. The van der Waals surface area contributed by atoms with Crippen molar-refractivity contribution in [3.63, 3.8) is 0 Å². The normalized spacial score (nSPS) is 11.8. The average Bonchev–Trinajstić information content (AvgIpc) is 2.81. The van der Waals surface area contributed by atoms with E-state index in [0.29, 0.717) is 12.0 Å². The Kier molecular flexibility index (Phi) is 3.39. The number of imidazole rings is 1. The van der Waals surface area contributed by atoms with Crippen LogP contribution in [0.5, 0.6) is 0 Å². The van der Waals surface area contributed by atoms with E-state index in [1.54, 1.807) is 0 Å². The zero-order chi connectivity index (χ0) is 14.3. The fraction of sp³-hybridized carbons (Fsp3) is 0.571. The highest BCUT2D eigenvalue weighted by Crippen LogP contribution is 2.33. The van der Waals surface area contributed by atoms with Crippen molar-refractivity contribution in [1.29, 1.82) is 0 Å². The van der Waals surface area contributed by atoms with Gasteiger partial charge < -0.3 is 10.3 Å².